The van der Waals surface area contributed by atoms with Crippen LogP contribution in [0.2, 0.25) is 0 Å². The Bertz CT molecular complexity index is 959. The Kier molecular flexibility index (Phi) is 6.48. The fraction of sp³-hybridized carbons (Fsp3) is 0.478. The SMILES string of the molecule is CC(C)CC(NC(=O)c1csc(-c2ccccc2)n1)C(=O)N1CCCC2OCC(=O)C21. The predicted octanol–water partition coefficient (Wildman–Crippen LogP) is 2.91. The Morgan fingerprint density at radius 3 is 2.81 bits per heavy atom. The number of ketones is 1. The molecule has 164 valence electrons. The van der Waals surface area contributed by atoms with Crippen LogP contribution in [0.3, 0.4) is 0 Å². The number of hydrogen-bond acceptors (Lipinski definition) is 6. The number of carbonyl (C=O) groups is 3. The number of benzene rings is 1. The average Bonchev–Trinajstić information content (AvgIpc) is 3.41. The number of piperidine rings is 1. The summed E-state index contributed by atoms with van der Waals surface area (Å²) in [6.07, 6.45) is 1.83. The monoisotopic (exact) mass is 441 g/mol. The summed E-state index contributed by atoms with van der Waals surface area (Å²) in [4.78, 5) is 44.7. The van der Waals surface area contributed by atoms with E-state index < -0.39 is 12.1 Å². The van der Waals surface area contributed by atoms with Gasteiger partial charge in [-0.3, -0.25) is 14.4 Å². The van der Waals surface area contributed by atoms with Crippen molar-refractivity contribution >= 4 is 28.9 Å². The van der Waals surface area contributed by atoms with E-state index in [0.29, 0.717) is 18.7 Å². The first-order valence-electron chi connectivity index (χ1n) is 10.7. The summed E-state index contributed by atoms with van der Waals surface area (Å²) in [5, 5.41) is 5.35. The van der Waals surface area contributed by atoms with Crippen molar-refractivity contribution in [2.45, 2.75) is 51.3 Å². The molecule has 2 saturated heterocycles. The molecule has 2 amide bonds. The van der Waals surface area contributed by atoms with E-state index in [9.17, 15) is 14.4 Å². The largest absolute Gasteiger partial charge is 0.368 e. The van der Waals surface area contributed by atoms with Crippen LogP contribution >= 0.6 is 11.3 Å². The third-order valence-corrected chi connectivity index (χ3v) is 6.59. The van der Waals surface area contributed by atoms with E-state index in [1.165, 1.54) is 11.3 Å². The van der Waals surface area contributed by atoms with Crippen LogP contribution in [0.5, 0.6) is 0 Å². The van der Waals surface area contributed by atoms with Gasteiger partial charge in [-0.05, 0) is 25.2 Å². The van der Waals surface area contributed by atoms with E-state index in [1.54, 1.807) is 10.3 Å². The smallest absolute Gasteiger partial charge is 0.271 e. The zero-order valence-electron chi connectivity index (χ0n) is 17.7. The Labute approximate surface area is 185 Å². The summed E-state index contributed by atoms with van der Waals surface area (Å²) >= 11 is 1.39. The number of rotatable bonds is 6. The molecule has 2 aliphatic rings. The molecule has 1 N–H and O–H groups in total. The Hall–Kier alpha value is -2.58. The van der Waals surface area contributed by atoms with E-state index in [1.807, 2.05) is 44.2 Å². The quantitative estimate of drug-likeness (QED) is 0.745. The number of likely N-dealkylation sites (tertiary alicyclic amines) is 1. The minimum Gasteiger partial charge on any atom is -0.368 e. The molecule has 0 radical (unpaired) electrons. The van der Waals surface area contributed by atoms with Crippen molar-refractivity contribution in [2.24, 2.45) is 5.92 Å². The third kappa shape index (κ3) is 4.70. The van der Waals surface area contributed by atoms with Gasteiger partial charge in [-0.15, -0.1) is 11.3 Å². The zero-order valence-corrected chi connectivity index (χ0v) is 18.6. The van der Waals surface area contributed by atoms with Gasteiger partial charge in [0.05, 0.1) is 6.10 Å². The van der Waals surface area contributed by atoms with Crippen molar-refractivity contribution in [2.75, 3.05) is 13.2 Å². The molecule has 31 heavy (non-hydrogen) atoms. The lowest BCUT2D eigenvalue weighted by Gasteiger charge is -2.37. The first kappa shape index (κ1) is 21.6. The van der Waals surface area contributed by atoms with Gasteiger partial charge in [0.15, 0.2) is 5.78 Å². The number of Topliss-reactive ketones (excluding diaryl/α,β-unsaturated/α-hetero) is 1. The van der Waals surface area contributed by atoms with Gasteiger partial charge in [0, 0.05) is 17.5 Å². The first-order chi connectivity index (χ1) is 14.9. The molecular formula is C23H27N3O4S. The molecule has 4 rings (SSSR count). The molecule has 0 spiro atoms. The van der Waals surface area contributed by atoms with Crippen LogP contribution in [0, 0.1) is 5.92 Å². The molecule has 0 aliphatic carbocycles. The van der Waals surface area contributed by atoms with Crippen LogP contribution in [-0.4, -0.2) is 58.8 Å². The molecule has 3 atom stereocenters. The minimum absolute atomic E-state index is 0.0559. The number of aromatic nitrogens is 1. The number of thiazole rings is 1. The lowest BCUT2D eigenvalue weighted by Crippen LogP contribution is -2.58. The zero-order chi connectivity index (χ0) is 22.0. The van der Waals surface area contributed by atoms with Gasteiger partial charge < -0.3 is 15.0 Å². The second-order valence-electron chi connectivity index (χ2n) is 8.49. The van der Waals surface area contributed by atoms with Crippen LogP contribution in [0.1, 0.15) is 43.6 Å². The highest BCUT2D eigenvalue weighted by atomic mass is 32.1. The molecule has 1 aromatic carbocycles. The fourth-order valence-electron chi connectivity index (χ4n) is 4.25. The molecule has 2 fully saturated rings. The van der Waals surface area contributed by atoms with Gasteiger partial charge in [0.2, 0.25) is 5.91 Å². The minimum atomic E-state index is -0.707. The third-order valence-electron chi connectivity index (χ3n) is 5.70. The summed E-state index contributed by atoms with van der Waals surface area (Å²) < 4.78 is 5.57. The van der Waals surface area contributed by atoms with Crippen molar-refractivity contribution < 1.29 is 19.1 Å². The predicted molar refractivity (Wildman–Crippen MR) is 118 cm³/mol. The summed E-state index contributed by atoms with van der Waals surface area (Å²) in [6, 6.07) is 8.43. The number of nitrogens with zero attached hydrogens (tertiary/aromatic N) is 2. The Balaban J connectivity index is 1.50. The van der Waals surface area contributed by atoms with Crippen LogP contribution in [0.4, 0.5) is 0 Å². The van der Waals surface area contributed by atoms with E-state index in [4.69, 9.17) is 4.74 Å². The van der Waals surface area contributed by atoms with Gasteiger partial charge in [-0.2, -0.15) is 0 Å². The van der Waals surface area contributed by atoms with E-state index in [2.05, 4.69) is 10.3 Å². The fourth-order valence-corrected chi connectivity index (χ4v) is 5.06. The van der Waals surface area contributed by atoms with Crippen molar-refractivity contribution in [1.82, 2.24) is 15.2 Å². The van der Waals surface area contributed by atoms with Crippen LogP contribution < -0.4 is 5.32 Å². The van der Waals surface area contributed by atoms with Gasteiger partial charge in [-0.25, -0.2) is 4.98 Å². The van der Waals surface area contributed by atoms with Gasteiger partial charge >= 0.3 is 0 Å². The highest BCUT2D eigenvalue weighted by molar-refractivity contribution is 7.13. The van der Waals surface area contributed by atoms with Gasteiger partial charge in [0.1, 0.15) is 29.4 Å². The average molecular weight is 442 g/mol. The number of ether oxygens (including phenoxy) is 1. The maximum atomic E-state index is 13.4. The van der Waals surface area contributed by atoms with Crippen molar-refractivity contribution in [1.29, 1.82) is 0 Å². The molecular weight excluding hydrogens is 414 g/mol. The molecule has 7 nitrogen and oxygen atoms in total. The maximum absolute atomic E-state index is 13.4. The van der Waals surface area contributed by atoms with E-state index in [0.717, 1.165) is 23.4 Å². The summed E-state index contributed by atoms with van der Waals surface area (Å²) in [5.41, 5.74) is 1.24. The second-order valence-corrected chi connectivity index (χ2v) is 9.35. The normalized spacial score (nSPS) is 21.8. The second kappa shape index (κ2) is 9.28. The molecule has 3 unspecified atom stereocenters. The summed E-state index contributed by atoms with van der Waals surface area (Å²) in [5.74, 6) is -0.450. The highest BCUT2D eigenvalue weighted by Gasteiger charge is 2.45. The summed E-state index contributed by atoms with van der Waals surface area (Å²) in [7, 11) is 0. The molecule has 0 saturated carbocycles. The first-order valence-corrected chi connectivity index (χ1v) is 11.6. The topological polar surface area (TPSA) is 88.6 Å². The number of amides is 2. The van der Waals surface area contributed by atoms with Gasteiger partial charge in [0.25, 0.3) is 5.91 Å². The van der Waals surface area contributed by atoms with Crippen molar-refractivity contribution in [3.63, 3.8) is 0 Å². The van der Waals surface area contributed by atoms with E-state index >= 15 is 0 Å². The number of carbonyl (C=O) groups excluding carboxylic acids is 3. The molecule has 2 aromatic rings. The molecule has 3 heterocycles. The molecule has 0 bridgehead atoms. The highest BCUT2D eigenvalue weighted by Crippen LogP contribution is 2.28. The summed E-state index contributed by atoms with van der Waals surface area (Å²) in [6.45, 7) is 4.58. The molecule has 1 aromatic heterocycles. The molecule has 2 aliphatic heterocycles. The Morgan fingerprint density at radius 2 is 2.06 bits per heavy atom. The van der Waals surface area contributed by atoms with Crippen LogP contribution in [-0.2, 0) is 14.3 Å². The lowest BCUT2D eigenvalue weighted by molar-refractivity contribution is -0.142. The van der Waals surface area contributed by atoms with Crippen LogP contribution in [0.25, 0.3) is 10.6 Å². The maximum Gasteiger partial charge on any atom is 0.271 e. The van der Waals surface area contributed by atoms with Crippen molar-refractivity contribution in [3.8, 4) is 10.6 Å². The van der Waals surface area contributed by atoms with E-state index in [-0.39, 0.29) is 36.2 Å². The Morgan fingerprint density at radius 1 is 1.29 bits per heavy atom. The standard InChI is InChI=1S/C23H27N3O4S/c1-14(2)11-16(23(29)26-10-6-9-19-20(26)18(27)12-30-19)24-21(28)17-13-31-22(25-17)15-7-4-3-5-8-15/h3-5,7-8,13-14,16,19-20H,6,9-12H2,1-2H3,(H,24,28). The van der Waals surface area contributed by atoms with Crippen LogP contribution in [0.15, 0.2) is 35.7 Å². The number of hydrogen-bond donors (Lipinski definition) is 1. The lowest BCUT2D eigenvalue weighted by atomic mass is 9.95. The number of nitrogens with one attached hydrogen (secondary N) is 1. The van der Waals surface area contributed by atoms with Gasteiger partial charge in [-0.1, -0.05) is 44.2 Å². The molecule has 8 heteroatoms. The number of fused-ring (bicyclic) bond motifs is 1. The van der Waals surface area contributed by atoms with Crippen molar-refractivity contribution in [3.05, 3.63) is 41.4 Å².